The van der Waals surface area contributed by atoms with Crippen LogP contribution in [0.3, 0.4) is 0 Å². The fourth-order valence-corrected chi connectivity index (χ4v) is 3.96. The Hall–Kier alpha value is -2.40. The average molecular weight is 371 g/mol. The van der Waals surface area contributed by atoms with E-state index in [-0.39, 0.29) is 11.9 Å². The van der Waals surface area contributed by atoms with Gasteiger partial charge in [0.05, 0.1) is 18.2 Å². The number of carboxylic acid groups (broad SMARTS) is 1. The van der Waals surface area contributed by atoms with Crippen LogP contribution >= 0.6 is 11.3 Å². The summed E-state index contributed by atoms with van der Waals surface area (Å²) in [6.07, 6.45) is 9.03. The fraction of sp³-hybridized carbons (Fsp3) is 0.286. The number of rotatable bonds is 8. The summed E-state index contributed by atoms with van der Waals surface area (Å²) >= 11 is 1.68. The van der Waals surface area contributed by atoms with Crippen molar-refractivity contribution in [1.29, 1.82) is 0 Å². The van der Waals surface area contributed by atoms with Crippen LogP contribution < -0.4 is 0 Å². The molecule has 1 aliphatic rings. The Bertz CT molecular complexity index is 781. The van der Waals surface area contributed by atoms with Gasteiger partial charge in [-0.1, -0.05) is 24.6 Å². The summed E-state index contributed by atoms with van der Waals surface area (Å²) in [5.41, 5.74) is 1.56. The number of aryl methyl sites for hydroxylation is 1. The smallest absolute Gasteiger partial charge is 0.333 e. The lowest BCUT2D eigenvalue weighted by atomic mass is 9.95. The first-order valence-corrected chi connectivity index (χ1v) is 9.65. The molecule has 1 aromatic heterocycles. The van der Waals surface area contributed by atoms with E-state index in [1.807, 2.05) is 35.9 Å². The Morgan fingerprint density at radius 1 is 1.19 bits per heavy atom. The van der Waals surface area contributed by atoms with Crippen molar-refractivity contribution in [1.82, 2.24) is 4.90 Å². The predicted molar refractivity (Wildman–Crippen MR) is 102 cm³/mol. The number of carboxylic acids is 1. The standard InChI is InChI=1S/C21H22FNO2S/c22-17-11-9-16(10-12-17)5-1-2-8-20-19(21(24)25)7-3-13-23(20)15-18-6-4-14-26-18/h3-4,6-7,9-14,20H,1-2,5,8,15H2,(H,24,25). The van der Waals surface area contributed by atoms with Crippen LogP contribution in [0.5, 0.6) is 0 Å². The lowest BCUT2D eigenvalue weighted by Gasteiger charge is -2.33. The molecule has 136 valence electrons. The predicted octanol–water partition coefficient (Wildman–Crippen LogP) is 5.01. The van der Waals surface area contributed by atoms with Crippen molar-refractivity contribution in [3.05, 3.63) is 82.0 Å². The normalized spacial score (nSPS) is 16.6. The van der Waals surface area contributed by atoms with Crippen LogP contribution in [0.2, 0.25) is 0 Å². The number of benzene rings is 1. The zero-order valence-electron chi connectivity index (χ0n) is 14.5. The van der Waals surface area contributed by atoms with Crippen LogP contribution in [0, 0.1) is 5.82 Å². The topological polar surface area (TPSA) is 40.5 Å². The highest BCUT2D eigenvalue weighted by Gasteiger charge is 2.26. The third-order valence-electron chi connectivity index (χ3n) is 4.58. The number of carbonyl (C=O) groups is 1. The van der Waals surface area contributed by atoms with Crippen LogP contribution in [0.15, 0.2) is 65.7 Å². The molecule has 1 aromatic carbocycles. The molecule has 2 aromatic rings. The molecule has 1 unspecified atom stereocenters. The molecule has 3 rings (SSSR count). The third kappa shape index (κ3) is 4.82. The molecule has 2 heterocycles. The highest BCUT2D eigenvalue weighted by atomic mass is 32.1. The first kappa shape index (κ1) is 18.4. The molecule has 5 heteroatoms. The van der Waals surface area contributed by atoms with Crippen molar-refractivity contribution >= 4 is 17.3 Å². The Morgan fingerprint density at radius 2 is 2.00 bits per heavy atom. The van der Waals surface area contributed by atoms with Crippen molar-refractivity contribution in [3.63, 3.8) is 0 Å². The van der Waals surface area contributed by atoms with Gasteiger partial charge < -0.3 is 10.0 Å². The van der Waals surface area contributed by atoms with Gasteiger partial charge in [0.1, 0.15) is 5.82 Å². The molecule has 26 heavy (non-hydrogen) atoms. The average Bonchev–Trinajstić information content (AvgIpc) is 3.14. The van der Waals surface area contributed by atoms with Crippen LogP contribution in [0.1, 0.15) is 29.7 Å². The molecule has 0 saturated heterocycles. The summed E-state index contributed by atoms with van der Waals surface area (Å²) in [7, 11) is 0. The van der Waals surface area contributed by atoms with Gasteiger partial charge in [-0.25, -0.2) is 9.18 Å². The number of aliphatic carboxylic acids is 1. The molecular formula is C21H22FNO2S. The van der Waals surface area contributed by atoms with E-state index in [2.05, 4.69) is 11.0 Å². The molecule has 0 amide bonds. The number of hydrogen-bond acceptors (Lipinski definition) is 3. The second-order valence-corrected chi connectivity index (χ2v) is 7.44. The molecule has 0 fully saturated rings. The molecule has 0 bridgehead atoms. The second kappa shape index (κ2) is 8.81. The minimum atomic E-state index is -0.853. The fourth-order valence-electron chi connectivity index (χ4n) is 3.25. The van der Waals surface area contributed by atoms with E-state index < -0.39 is 5.97 Å². The third-order valence-corrected chi connectivity index (χ3v) is 5.45. The molecule has 1 aliphatic heterocycles. The molecule has 0 spiro atoms. The maximum absolute atomic E-state index is 13.0. The first-order valence-electron chi connectivity index (χ1n) is 8.78. The molecule has 0 saturated carbocycles. The maximum Gasteiger partial charge on any atom is 0.333 e. The summed E-state index contributed by atoms with van der Waals surface area (Å²) in [6, 6.07) is 10.6. The number of allylic oxidation sites excluding steroid dienone is 2. The van der Waals surface area contributed by atoms with E-state index in [4.69, 9.17) is 0 Å². The lowest BCUT2D eigenvalue weighted by Crippen LogP contribution is -2.36. The zero-order valence-corrected chi connectivity index (χ0v) is 15.3. The van der Waals surface area contributed by atoms with Gasteiger partial charge in [-0.15, -0.1) is 11.3 Å². The number of nitrogens with zero attached hydrogens (tertiary/aromatic N) is 1. The van der Waals surface area contributed by atoms with Crippen molar-refractivity contribution in [2.24, 2.45) is 0 Å². The monoisotopic (exact) mass is 371 g/mol. The van der Waals surface area contributed by atoms with Gasteiger partial charge in [-0.05, 0) is 60.6 Å². The van der Waals surface area contributed by atoms with Gasteiger partial charge in [0.15, 0.2) is 0 Å². The highest BCUT2D eigenvalue weighted by molar-refractivity contribution is 7.09. The number of unbranched alkanes of at least 4 members (excludes halogenated alkanes) is 1. The molecule has 0 aliphatic carbocycles. The quantitative estimate of drug-likeness (QED) is 0.663. The summed E-state index contributed by atoms with van der Waals surface area (Å²) in [4.78, 5) is 15.0. The molecule has 1 atom stereocenters. The molecule has 0 radical (unpaired) electrons. The van der Waals surface area contributed by atoms with E-state index >= 15 is 0 Å². The minimum absolute atomic E-state index is 0.118. The van der Waals surface area contributed by atoms with Crippen LogP contribution in [-0.4, -0.2) is 22.0 Å². The summed E-state index contributed by atoms with van der Waals surface area (Å²) in [5.74, 6) is -1.07. The summed E-state index contributed by atoms with van der Waals surface area (Å²) < 4.78 is 13.0. The van der Waals surface area contributed by atoms with Gasteiger partial charge in [0, 0.05) is 11.1 Å². The Balaban J connectivity index is 1.59. The number of halogens is 1. The molecule has 1 N–H and O–H groups in total. The largest absolute Gasteiger partial charge is 0.478 e. The van der Waals surface area contributed by atoms with E-state index in [0.717, 1.165) is 37.8 Å². The van der Waals surface area contributed by atoms with Crippen molar-refractivity contribution in [2.45, 2.75) is 38.3 Å². The van der Waals surface area contributed by atoms with E-state index in [1.165, 1.54) is 17.0 Å². The van der Waals surface area contributed by atoms with Gasteiger partial charge in [-0.3, -0.25) is 0 Å². The van der Waals surface area contributed by atoms with E-state index in [0.29, 0.717) is 5.57 Å². The van der Waals surface area contributed by atoms with Gasteiger partial charge in [0.25, 0.3) is 0 Å². The van der Waals surface area contributed by atoms with Crippen molar-refractivity contribution in [2.75, 3.05) is 0 Å². The first-order chi connectivity index (χ1) is 12.6. The minimum Gasteiger partial charge on any atom is -0.478 e. The number of thiophene rings is 1. The summed E-state index contributed by atoms with van der Waals surface area (Å²) in [6.45, 7) is 0.724. The van der Waals surface area contributed by atoms with E-state index in [1.54, 1.807) is 17.4 Å². The van der Waals surface area contributed by atoms with Crippen LogP contribution in [-0.2, 0) is 17.8 Å². The zero-order chi connectivity index (χ0) is 18.4. The lowest BCUT2D eigenvalue weighted by molar-refractivity contribution is -0.133. The maximum atomic E-state index is 13.0. The molecular weight excluding hydrogens is 349 g/mol. The highest BCUT2D eigenvalue weighted by Crippen LogP contribution is 2.25. The van der Waals surface area contributed by atoms with Gasteiger partial charge in [0.2, 0.25) is 0 Å². The van der Waals surface area contributed by atoms with Crippen molar-refractivity contribution < 1.29 is 14.3 Å². The Labute approximate surface area is 157 Å². The number of hydrogen-bond donors (Lipinski definition) is 1. The Morgan fingerprint density at radius 3 is 2.69 bits per heavy atom. The molecule has 3 nitrogen and oxygen atoms in total. The van der Waals surface area contributed by atoms with Crippen LogP contribution in [0.25, 0.3) is 0 Å². The second-order valence-electron chi connectivity index (χ2n) is 6.41. The van der Waals surface area contributed by atoms with Crippen molar-refractivity contribution in [3.8, 4) is 0 Å². The summed E-state index contributed by atoms with van der Waals surface area (Å²) in [5, 5.41) is 11.6. The SMILES string of the molecule is O=C(O)C1=CC=CN(Cc2cccs2)C1CCCCc1ccc(F)cc1. The Kier molecular flexibility index (Phi) is 6.23. The van der Waals surface area contributed by atoms with E-state index in [9.17, 15) is 14.3 Å². The van der Waals surface area contributed by atoms with Gasteiger partial charge >= 0.3 is 5.97 Å². The van der Waals surface area contributed by atoms with Crippen LogP contribution in [0.4, 0.5) is 4.39 Å². The van der Waals surface area contributed by atoms with Gasteiger partial charge in [-0.2, -0.15) is 0 Å².